The number of hydrogen-bond acceptors (Lipinski definition) is 2. The lowest BCUT2D eigenvalue weighted by atomic mass is 9.81. The van der Waals surface area contributed by atoms with Crippen LogP contribution < -0.4 is 0 Å². The van der Waals surface area contributed by atoms with Crippen LogP contribution in [0.5, 0.6) is 0 Å². The van der Waals surface area contributed by atoms with Crippen molar-refractivity contribution in [1.82, 2.24) is 4.90 Å². The van der Waals surface area contributed by atoms with Gasteiger partial charge in [0.2, 0.25) is 0 Å². The molecule has 1 fully saturated rings. The maximum absolute atomic E-state index is 8.74. The molecular weight excluding hydrogens is 160 g/mol. The molecule has 2 unspecified atom stereocenters. The maximum atomic E-state index is 8.74. The Morgan fingerprint density at radius 1 is 1.54 bits per heavy atom. The van der Waals surface area contributed by atoms with Crippen LogP contribution in [0.2, 0.25) is 0 Å². The monoisotopic (exact) mass is 180 g/mol. The fourth-order valence-corrected chi connectivity index (χ4v) is 2.68. The first-order chi connectivity index (χ1) is 6.16. The van der Waals surface area contributed by atoms with Crippen molar-refractivity contribution in [2.75, 3.05) is 13.6 Å². The van der Waals surface area contributed by atoms with E-state index in [-0.39, 0.29) is 0 Å². The van der Waals surface area contributed by atoms with Gasteiger partial charge in [0.1, 0.15) is 0 Å². The molecule has 0 aromatic carbocycles. The standard InChI is InChI=1S/C11H20N2/c1-9(2)11-10(6-7-12)5-4-8-13(11)3/h9-11H,4-6,8H2,1-3H3. The molecule has 0 aliphatic carbocycles. The third-order valence-corrected chi connectivity index (χ3v) is 3.11. The normalized spacial score (nSPS) is 30.4. The highest BCUT2D eigenvalue weighted by atomic mass is 15.1. The SMILES string of the molecule is CC(C)C1C(CC#N)CCCN1C. The number of hydrogen-bond donors (Lipinski definition) is 0. The lowest BCUT2D eigenvalue weighted by Gasteiger charge is -2.40. The Morgan fingerprint density at radius 3 is 2.77 bits per heavy atom. The van der Waals surface area contributed by atoms with E-state index in [9.17, 15) is 0 Å². The van der Waals surface area contributed by atoms with Crippen LogP contribution in [0, 0.1) is 23.2 Å². The van der Waals surface area contributed by atoms with Gasteiger partial charge in [0.15, 0.2) is 0 Å². The first-order valence-electron chi connectivity index (χ1n) is 5.24. The molecule has 2 nitrogen and oxygen atoms in total. The van der Waals surface area contributed by atoms with Gasteiger partial charge in [0.05, 0.1) is 6.07 Å². The Bertz CT molecular complexity index is 193. The summed E-state index contributed by atoms with van der Waals surface area (Å²) >= 11 is 0. The molecule has 74 valence electrons. The van der Waals surface area contributed by atoms with Gasteiger partial charge in [-0.15, -0.1) is 0 Å². The molecule has 13 heavy (non-hydrogen) atoms. The molecule has 1 saturated heterocycles. The van der Waals surface area contributed by atoms with E-state index in [0.717, 1.165) is 6.42 Å². The average molecular weight is 180 g/mol. The summed E-state index contributed by atoms with van der Waals surface area (Å²) in [7, 11) is 2.19. The van der Waals surface area contributed by atoms with Crippen molar-refractivity contribution in [2.45, 2.75) is 39.2 Å². The molecule has 1 aliphatic heterocycles. The van der Waals surface area contributed by atoms with Crippen molar-refractivity contribution < 1.29 is 0 Å². The van der Waals surface area contributed by atoms with E-state index in [1.165, 1.54) is 19.4 Å². The minimum atomic E-state index is 0.601. The summed E-state index contributed by atoms with van der Waals surface area (Å²) in [6.45, 7) is 5.72. The van der Waals surface area contributed by atoms with Crippen LogP contribution in [0.15, 0.2) is 0 Å². The Morgan fingerprint density at radius 2 is 2.23 bits per heavy atom. The van der Waals surface area contributed by atoms with Gasteiger partial charge in [-0.3, -0.25) is 0 Å². The van der Waals surface area contributed by atoms with Crippen LogP contribution in [-0.4, -0.2) is 24.5 Å². The summed E-state index contributed by atoms with van der Waals surface area (Å²) in [5.74, 6) is 1.27. The lowest BCUT2D eigenvalue weighted by molar-refractivity contribution is 0.0861. The highest BCUT2D eigenvalue weighted by molar-refractivity contribution is 4.89. The second-order valence-electron chi connectivity index (χ2n) is 4.48. The number of nitrogens with zero attached hydrogens (tertiary/aromatic N) is 2. The summed E-state index contributed by atoms with van der Waals surface area (Å²) in [6.07, 6.45) is 3.22. The van der Waals surface area contributed by atoms with Crippen LogP contribution in [0.1, 0.15) is 33.1 Å². The molecule has 1 rings (SSSR count). The molecule has 2 atom stereocenters. The maximum Gasteiger partial charge on any atom is 0.0625 e. The van der Waals surface area contributed by atoms with E-state index in [0.29, 0.717) is 17.9 Å². The third-order valence-electron chi connectivity index (χ3n) is 3.11. The summed E-state index contributed by atoms with van der Waals surface area (Å²) < 4.78 is 0. The Labute approximate surface area is 81.5 Å². The molecule has 0 aromatic rings. The van der Waals surface area contributed by atoms with Crippen molar-refractivity contribution in [2.24, 2.45) is 11.8 Å². The van der Waals surface area contributed by atoms with Crippen LogP contribution in [0.3, 0.4) is 0 Å². The molecule has 1 aliphatic rings. The van der Waals surface area contributed by atoms with E-state index in [4.69, 9.17) is 5.26 Å². The fraction of sp³-hybridized carbons (Fsp3) is 0.909. The van der Waals surface area contributed by atoms with E-state index >= 15 is 0 Å². The summed E-state index contributed by atoms with van der Waals surface area (Å²) in [5, 5.41) is 8.74. The van der Waals surface area contributed by atoms with E-state index in [1.54, 1.807) is 0 Å². The third kappa shape index (κ3) is 2.45. The smallest absolute Gasteiger partial charge is 0.0625 e. The molecule has 2 heteroatoms. The molecule has 0 N–H and O–H groups in total. The minimum absolute atomic E-state index is 0.601. The topological polar surface area (TPSA) is 27.0 Å². The summed E-state index contributed by atoms with van der Waals surface area (Å²) in [5.41, 5.74) is 0. The Hall–Kier alpha value is -0.550. The molecule has 0 spiro atoms. The van der Waals surface area contributed by atoms with Gasteiger partial charge in [-0.05, 0) is 38.3 Å². The summed E-state index contributed by atoms with van der Waals surface area (Å²) in [4.78, 5) is 2.43. The lowest BCUT2D eigenvalue weighted by Crippen LogP contribution is -2.45. The quantitative estimate of drug-likeness (QED) is 0.652. The van der Waals surface area contributed by atoms with E-state index < -0.39 is 0 Å². The van der Waals surface area contributed by atoms with Gasteiger partial charge < -0.3 is 4.90 Å². The molecule has 0 radical (unpaired) electrons. The fourth-order valence-electron chi connectivity index (χ4n) is 2.68. The summed E-state index contributed by atoms with van der Waals surface area (Å²) in [6, 6.07) is 2.94. The van der Waals surface area contributed by atoms with Gasteiger partial charge in [-0.25, -0.2) is 0 Å². The van der Waals surface area contributed by atoms with Crippen molar-refractivity contribution in [3.8, 4) is 6.07 Å². The highest BCUT2D eigenvalue weighted by Crippen LogP contribution is 2.29. The van der Waals surface area contributed by atoms with Crippen molar-refractivity contribution >= 4 is 0 Å². The predicted octanol–water partition coefficient (Wildman–Crippen LogP) is 2.27. The molecule has 0 amide bonds. The first-order valence-corrected chi connectivity index (χ1v) is 5.24. The first kappa shape index (κ1) is 10.5. The largest absolute Gasteiger partial charge is 0.303 e. The minimum Gasteiger partial charge on any atom is -0.303 e. The van der Waals surface area contributed by atoms with Crippen LogP contribution >= 0.6 is 0 Å². The van der Waals surface area contributed by atoms with E-state index in [2.05, 4.69) is 31.9 Å². The Kier molecular flexibility index (Phi) is 3.74. The van der Waals surface area contributed by atoms with Crippen LogP contribution in [-0.2, 0) is 0 Å². The van der Waals surface area contributed by atoms with Gasteiger partial charge in [-0.2, -0.15) is 5.26 Å². The predicted molar refractivity (Wildman–Crippen MR) is 54.2 cm³/mol. The molecule has 0 saturated carbocycles. The van der Waals surface area contributed by atoms with Gasteiger partial charge >= 0.3 is 0 Å². The van der Waals surface area contributed by atoms with E-state index in [1.807, 2.05) is 0 Å². The molecule has 0 aromatic heterocycles. The molecular formula is C11H20N2. The average Bonchev–Trinajstić information content (AvgIpc) is 2.04. The second-order valence-corrected chi connectivity index (χ2v) is 4.48. The van der Waals surface area contributed by atoms with Crippen molar-refractivity contribution in [1.29, 1.82) is 5.26 Å². The van der Waals surface area contributed by atoms with Crippen molar-refractivity contribution in [3.05, 3.63) is 0 Å². The zero-order chi connectivity index (χ0) is 9.84. The van der Waals surface area contributed by atoms with Crippen LogP contribution in [0.25, 0.3) is 0 Å². The zero-order valence-corrected chi connectivity index (χ0v) is 8.95. The molecule has 0 bridgehead atoms. The second kappa shape index (κ2) is 4.62. The zero-order valence-electron chi connectivity index (χ0n) is 8.95. The van der Waals surface area contributed by atoms with Crippen LogP contribution in [0.4, 0.5) is 0 Å². The highest BCUT2D eigenvalue weighted by Gasteiger charge is 2.30. The number of likely N-dealkylation sites (tertiary alicyclic amines) is 1. The van der Waals surface area contributed by atoms with Gasteiger partial charge in [-0.1, -0.05) is 13.8 Å². The van der Waals surface area contributed by atoms with Crippen molar-refractivity contribution in [3.63, 3.8) is 0 Å². The number of piperidine rings is 1. The molecule has 1 heterocycles. The van der Waals surface area contributed by atoms with Gasteiger partial charge in [0.25, 0.3) is 0 Å². The number of nitriles is 1. The number of rotatable bonds is 2. The Balaban J connectivity index is 2.63. The van der Waals surface area contributed by atoms with Gasteiger partial charge in [0, 0.05) is 12.5 Å².